The molecule has 292 valence electrons. The van der Waals surface area contributed by atoms with Crippen molar-refractivity contribution in [1.82, 2.24) is 13.8 Å². The largest absolute Gasteiger partial charge is 0.308 e. The van der Waals surface area contributed by atoms with E-state index in [9.17, 15) is 0 Å². The van der Waals surface area contributed by atoms with Crippen LogP contribution in [0.2, 0.25) is 0 Å². The third-order valence-electron chi connectivity index (χ3n) is 13.6. The number of nitrogens with zero attached hydrogens (tertiary/aromatic N) is 4. The molecule has 0 spiro atoms. The first-order valence-corrected chi connectivity index (χ1v) is 21.6. The fraction of sp³-hybridized carbons (Fsp3) is 0.140. The van der Waals surface area contributed by atoms with Crippen LogP contribution in [0, 0.1) is 0 Å². The molecule has 61 heavy (non-hydrogen) atoms. The molecule has 0 atom stereocenters. The molecule has 0 aliphatic rings. The predicted molar refractivity (Wildman–Crippen MR) is 261 cm³/mol. The first-order chi connectivity index (χ1) is 29.6. The molecule has 5 aromatic heterocycles. The molecule has 0 saturated carbocycles. The number of hydrogen-bond donors (Lipinski definition) is 0. The Morgan fingerprint density at radius 1 is 0.410 bits per heavy atom. The molecule has 0 aliphatic heterocycles. The van der Waals surface area contributed by atoms with E-state index in [0.29, 0.717) is 0 Å². The molecule has 5 heterocycles. The van der Waals surface area contributed by atoms with Crippen LogP contribution >= 0.6 is 0 Å². The number of aromatic nitrogens is 3. The highest BCUT2D eigenvalue weighted by Crippen LogP contribution is 2.52. The highest BCUT2D eigenvalue weighted by Gasteiger charge is 2.31. The molecule has 0 aliphatic carbocycles. The smallest absolute Gasteiger partial charge is 0.146 e. The summed E-state index contributed by atoms with van der Waals surface area (Å²) in [6.45, 7) is 14.0. The summed E-state index contributed by atoms with van der Waals surface area (Å²) >= 11 is 0. The SMILES string of the molecule is CC(C)(C)c1cc(N(c2ccccc2)c2ccccc2)c2c(c1)c1cc(C(C)(C)C)cc3c4c5c6c7ccccc7cc7c8c9ccccc9ccc8n(c5cnc4n2c13)c76. The quantitative estimate of drug-likeness (QED) is 0.178. The lowest BCUT2D eigenvalue weighted by Crippen LogP contribution is -2.15. The number of rotatable bonds is 3. The van der Waals surface area contributed by atoms with Crippen LogP contribution in [0.1, 0.15) is 52.7 Å². The Kier molecular flexibility index (Phi) is 6.69. The van der Waals surface area contributed by atoms with Crippen molar-refractivity contribution in [2.45, 2.75) is 52.4 Å². The molecule has 0 amide bonds. The van der Waals surface area contributed by atoms with Gasteiger partial charge in [-0.25, -0.2) is 4.98 Å². The van der Waals surface area contributed by atoms with Gasteiger partial charge in [-0.2, -0.15) is 0 Å². The Hall–Kier alpha value is -7.17. The van der Waals surface area contributed by atoms with Gasteiger partial charge in [-0.05, 0) is 104 Å². The minimum Gasteiger partial charge on any atom is -0.308 e. The zero-order chi connectivity index (χ0) is 41.1. The van der Waals surface area contributed by atoms with Gasteiger partial charge in [0.1, 0.15) is 5.65 Å². The number of anilines is 3. The summed E-state index contributed by atoms with van der Waals surface area (Å²) in [5.74, 6) is 0. The highest BCUT2D eigenvalue weighted by atomic mass is 15.2. The molecule has 0 radical (unpaired) electrons. The van der Waals surface area contributed by atoms with E-state index in [1.165, 1.54) is 97.8 Å². The molecule has 0 fully saturated rings. The van der Waals surface area contributed by atoms with E-state index in [-0.39, 0.29) is 10.8 Å². The van der Waals surface area contributed by atoms with Gasteiger partial charge >= 0.3 is 0 Å². The molecule has 0 saturated heterocycles. The zero-order valence-corrected chi connectivity index (χ0v) is 35.3. The molecular formula is C57H44N4. The van der Waals surface area contributed by atoms with Crippen molar-refractivity contribution in [3.05, 3.63) is 169 Å². The van der Waals surface area contributed by atoms with Crippen LogP contribution in [-0.2, 0) is 10.8 Å². The summed E-state index contributed by atoms with van der Waals surface area (Å²) in [7, 11) is 0. The van der Waals surface area contributed by atoms with Gasteiger partial charge in [-0.1, -0.05) is 133 Å². The highest BCUT2D eigenvalue weighted by molar-refractivity contribution is 6.40. The van der Waals surface area contributed by atoms with E-state index in [4.69, 9.17) is 4.98 Å². The van der Waals surface area contributed by atoms with Crippen molar-refractivity contribution in [2.24, 2.45) is 0 Å². The van der Waals surface area contributed by atoms with Crippen LogP contribution in [0.5, 0.6) is 0 Å². The molecular weight excluding hydrogens is 741 g/mol. The summed E-state index contributed by atoms with van der Waals surface area (Å²) in [5.41, 5.74) is 12.9. The minimum atomic E-state index is -0.0940. The lowest BCUT2D eigenvalue weighted by molar-refractivity contribution is 0.591. The zero-order valence-electron chi connectivity index (χ0n) is 35.3. The maximum Gasteiger partial charge on any atom is 0.146 e. The van der Waals surface area contributed by atoms with E-state index in [1.807, 2.05) is 0 Å². The van der Waals surface area contributed by atoms with Crippen LogP contribution < -0.4 is 4.90 Å². The Morgan fingerprint density at radius 3 is 1.64 bits per heavy atom. The molecule has 0 bridgehead atoms. The topological polar surface area (TPSA) is 24.9 Å². The average molecular weight is 785 g/mol. The second kappa shape index (κ2) is 11.8. The average Bonchev–Trinajstić information content (AvgIpc) is 3.99. The molecule has 13 rings (SSSR count). The third kappa shape index (κ3) is 4.57. The molecule has 8 aromatic carbocycles. The summed E-state index contributed by atoms with van der Waals surface area (Å²) in [4.78, 5) is 8.07. The summed E-state index contributed by atoms with van der Waals surface area (Å²) in [6.07, 6.45) is 2.17. The van der Waals surface area contributed by atoms with Gasteiger partial charge < -0.3 is 9.30 Å². The number of benzene rings is 8. The van der Waals surface area contributed by atoms with Crippen LogP contribution in [-0.4, -0.2) is 13.8 Å². The van der Waals surface area contributed by atoms with Gasteiger partial charge in [0.05, 0.1) is 39.5 Å². The third-order valence-corrected chi connectivity index (χ3v) is 13.6. The van der Waals surface area contributed by atoms with Crippen molar-refractivity contribution in [1.29, 1.82) is 0 Å². The lowest BCUT2D eigenvalue weighted by Gasteiger charge is -2.29. The molecule has 13 aromatic rings. The van der Waals surface area contributed by atoms with Gasteiger partial charge in [0.25, 0.3) is 0 Å². The monoisotopic (exact) mass is 784 g/mol. The second-order valence-electron chi connectivity index (χ2n) is 19.3. The second-order valence-corrected chi connectivity index (χ2v) is 19.3. The van der Waals surface area contributed by atoms with E-state index >= 15 is 0 Å². The summed E-state index contributed by atoms with van der Waals surface area (Å²) < 4.78 is 5.04. The number of hydrogen-bond acceptors (Lipinski definition) is 2. The van der Waals surface area contributed by atoms with Gasteiger partial charge in [0, 0.05) is 54.5 Å². The number of pyridine rings is 1. The van der Waals surface area contributed by atoms with Crippen LogP contribution in [0.25, 0.3) is 97.9 Å². The fourth-order valence-corrected chi connectivity index (χ4v) is 10.7. The van der Waals surface area contributed by atoms with E-state index in [2.05, 4.69) is 213 Å². The van der Waals surface area contributed by atoms with Gasteiger partial charge in [0.15, 0.2) is 0 Å². The lowest BCUT2D eigenvalue weighted by atomic mass is 9.84. The fourth-order valence-electron chi connectivity index (χ4n) is 10.7. The molecule has 0 unspecified atom stereocenters. The summed E-state index contributed by atoms with van der Waals surface area (Å²) in [6, 6.07) is 56.4. The van der Waals surface area contributed by atoms with E-state index < -0.39 is 0 Å². The molecule has 0 N–H and O–H groups in total. The normalized spacial score (nSPS) is 13.1. The number of fused-ring (bicyclic) bond motifs is 17. The maximum absolute atomic E-state index is 5.62. The van der Waals surface area contributed by atoms with Gasteiger partial charge in [-0.3, -0.25) is 4.40 Å². The van der Waals surface area contributed by atoms with Crippen molar-refractivity contribution in [2.75, 3.05) is 4.90 Å². The van der Waals surface area contributed by atoms with Gasteiger partial charge in [-0.15, -0.1) is 0 Å². The van der Waals surface area contributed by atoms with Crippen molar-refractivity contribution < 1.29 is 0 Å². The predicted octanol–water partition coefficient (Wildman–Crippen LogP) is 15.8. The Labute approximate surface area is 353 Å². The first-order valence-electron chi connectivity index (χ1n) is 21.6. The Bertz CT molecular complexity index is 3890. The maximum atomic E-state index is 5.62. The standard InChI is InChI=1S/C57H44N4/c1-56(2,3)35-28-41-42-29-36(57(4,5)6)31-46(59(37-19-9-7-10-20-37)38-21-11-8-12-22-38)53(42)61-52(41)44(30-35)50-51-47(32-58-55(50)61)60-45-26-25-33-17-13-15-23-39(33)48(45)43-27-34-18-14-16-24-40(34)49(51)54(43)60/h7-32H,1-6H3. The van der Waals surface area contributed by atoms with Crippen LogP contribution in [0.15, 0.2) is 158 Å². The summed E-state index contributed by atoms with van der Waals surface area (Å²) in [5, 5.41) is 15.3. The first kappa shape index (κ1) is 34.7. The van der Waals surface area contributed by atoms with Gasteiger partial charge in [0.2, 0.25) is 0 Å². The number of para-hydroxylation sites is 2. The molecule has 4 nitrogen and oxygen atoms in total. The molecule has 4 heteroatoms. The minimum absolute atomic E-state index is 0.0902. The van der Waals surface area contributed by atoms with Crippen molar-refractivity contribution in [3.63, 3.8) is 0 Å². The van der Waals surface area contributed by atoms with Crippen LogP contribution in [0.4, 0.5) is 17.1 Å². The van der Waals surface area contributed by atoms with Crippen molar-refractivity contribution >= 4 is 115 Å². The van der Waals surface area contributed by atoms with E-state index in [0.717, 1.165) is 28.2 Å². The van der Waals surface area contributed by atoms with Crippen molar-refractivity contribution in [3.8, 4) is 0 Å². The Morgan fingerprint density at radius 2 is 0.967 bits per heavy atom. The Balaban J connectivity index is 1.29. The van der Waals surface area contributed by atoms with E-state index in [1.54, 1.807) is 0 Å². The van der Waals surface area contributed by atoms with Crippen LogP contribution in [0.3, 0.4) is 0 Å².